The number of allylic oxidation sites excluding steroid dienone is 3. The van der Waals surface area contributed by atoms with Crippen molar-refractivity contribution in [2.45, 2.75) is 47.1 Å². The van der Waals surface area contributed by atoms with Crippen molar-refractivity contribution in [1.82, 2.24) is 0 Å². The lowest BCUT2D eigenvalue weighted by molar-refractivity contribution is 0.128. The predicted octanol–water partition coefficient (Wildman–Crippen LogP) is 4.39. The lowest BCUT2D eigenvalue weighted by Crippen LogP contribution is -1.96. The summed E-state index contributed by atoms with van der Waals surface area (Å²) in [6.07, 6.45) is 5.56. The molecule has 1 aromatic rings. The monoisotopic (exact) mass is 328 g/mol. The summed E-state index contributed by atoms with van der Waals surface area (Å²) in [5.41, 5.74) is 3.44. The number of aryl methyl sites for hydroxylation is 1. The first-order valence-electron chi connectivity index (χ1n) is 7.19. The zero-order valence-electron chi connectivity index (χ0n) is 13.6. The molecule has 6 heteroatoms. The van der Waals surface area contributed by atoms with Crippen molar-refractivity contribution in [3.05, 3.63) is 40.4 Å². The highest BCUT2D eigenvalue weighted by molar-refractivity contribution is 7.51. The predicted molar refractivity (Wildman–Crippen MR) is 87.5 cm³/mol. The molecule has 2 N–H and O–H groups in total. The molecule has 0 spiro atoms. The second-order valence-electron chi connectivity index (χ2n) is 5.71. The summed E-state index contributed by atoms with van der Waals surface area (Å²) < 4.78 is 21.4. The van der Waals surface area contributed by atoms with Crippen LogP contribution >= 0.6 is 7.60 Å². The van der Waals surface area contributed by atoms with Gasteiger partial charge >= 0.3 is 7.60 Å². The molecule has 0 amide bonds. The Hall–Kier alpha value is -1.13. The van der Waals surface area contributed by atoms with Crippen molar-refractivity contribution in [3.8, 4) is 0 Å². The molecule has 0 atom stereocenters. The summed E-state index contributed by atoms with van der Waals surface area (Å²) in [6, 6.07) is 1.90. The van der Waals surface area contributed by atoms with Crippen LogP contribution in [0.1, 0.15) is 50.7 Å². The largest absolute Gasteiger partial charge is 0.459 e. The molecule has 1 heterocycles. The number of furan rings is 1. The maximum absolute atomic E-state index is 10.7. The topological polar surface area (TPSA) is 79.9 Å². The molecule has 0 saturated heterocycles. The van der Waals surface area contributed by atoms with E-state index in [1.165, 1.54) is 11.1 Å². The van der Waals surface area contributed by atoms with E-state index in [-0.39, 0.29) is 6.61 Å². The number of hydrogen-bond donors (Lipinski definition) is 2. The average molecular weight is 328 g/mol. The Morgan fingerprint density at radius 2 is 2.05 bits per heavy atom. The summed E-state index contributed by atoms with van der Waals surface area (Å²) in [5.74, 6) is 1.33. The van der Waals surface area contributed by atoms with Crippen molar-refractivity contribution >= 4 is 13.7 Å². The Morgan fingerprint density at radius 1 is 1.36 bits per heavy atom. The first-order chi connectivity index (χ1) is 10.2. The van der Waals surface area contributed by atoms with Gasteiger partial charge < -0.3 is 18.9 Å². The van der Waals surface area contributed by atoms with E-state index in [0.717, 1.165) is 24.2 Å². The molecular formula is C16H25O5P. The van der Waals surface area contributed by atoms with Crippen molar-refractivity contribution in [2.24, 2.45) is 0 Å². The first kappa shape index (κ1) is 18.9. The van der Waals surface area contributed by atoms with Crippen LogP contribution in [0.2, 0.25) is 0 Å². The Morgan fingerprint density at radius 3 is 2.64 bits per heavy atom. The Balaban J connectivity index is 2.60. The molecular weight excluding hydrogens is 303 g/mol. The summed E-state index contributed by atoms with van der Waals surface area (Å²) in [7, 11) is -4.14. The normalized spacial score (nSPS) is 12.5. The van der Waals surface area contributed by atoms with E-state index in [1.807, 2.05) is 19.1 Å². The quantitative estimate of drug-likeness (QED) is 0.546. The minimum atomic E-state index is -4.14. The fraction of sp³-hybridized carbons (Fsp3) is 0.500. The Labute approximate surface area is 131 Å². The second kappa shape index (κ2) is 8.49. The van der Waals surface area contributed by atoms with Crippen LogP contribution in [0.3, 0.4) is 0 Å². The van der Waals surface area contributed by atoms with Gasteiger partial charge in [-0.3, -0.25) is 4.57 Å². The van der Waals surface area contributed by atoms with E-state index >= 15 is 0 Å². The van der Waals surface area contributed by atoms with E-state index in [2.05, 4.69) is 26.8 Å². The van der Waals surface area contributed by atoms with Gasteiger partial charge in [-0.05, 0) is 58.2 Å². The van der Waals surface area contributed by atoms with Crippen LogP contribution in [0.4, 0.5) is 0 Å². The molecule has 124 valence electrons. The van der Waals surface area contributed by atoms with Crippen molar-refractivity contribution in [3.63, 3.8) is 0 Å². The molecule has 0 aliphatic heterocycles. The van der Waals surface area contributed by atoms with Gasteiger partial charge in [0, 0.05) is 0 Å². The molecule has 22 heavy (non-hydrogen) atoms. The average Bonchev–Trinajstić information content (AvgIpc) is 2.67. The van der Waals surface area contributed by atoms with Crippen LogP contribution in [-0.4, -0.2) is 16.1 Å². The zero-order valence-corrected chi connectivity index (χ0v) is 14.5. The highest BCUT2D eigenvalue weighted by Crippen LogP contribution is 2.34. The van der Waals surface area contributed by atoms with Crippen molar-refractivity contribution in [2.75, 3.05) is 6.35 Å². The summed E-state index contributed by atoms with van der Waals surface area (Å²) in [5, 5.41) is 0. The van der Waals surface area contributed by atoms with Gasteiger partial charge in [0.2, 0.25) is 0 Å². The lowest BCUT2D eigenvalue weighted by atomic mass is 10.1. The maximum Gasteiger partial charge on any atom is 0.350 e. The third-order valence-electron chi connectivity index (χ3n) is 3.01. The molecule has 0 radical (unpaired) electrons. The summed E-state index contributed by atoms with van der Waals surface area (Å²) >= 11 is 0. The van der Waals surface area contributed by atoms with Gasteiger partial charge in [0.05, 0.1) is 0 Å². The minimum Gasteiger partial charge on any atom is -0.459 e. The highest BCUT2D eigenvalue weighted by atomic mass is 31.2. The van der Waals surface area contributed by atoms with E-state index in [0.29, 0.717) is 5.76 Å². The molecule has 0 bridgehead atoms. The van der Waals surface area contributed by atoms with Gasteiger partial charge in [-0.2, -0.15) is 0 Å². The molecule has 0 fully saturated rings. The smallest absolute Gasteiger partial charge is 0.350 e. The molecule has 5 nitrogen and oxygen atoms in total. The molecule has 0 unspecified atom stereocenters. The zero-order chi connectivity index (χ0) is 16.8. The van der Waals surface area contributed by atoms with Gasteiger partial charge in [0.15, 0.2) is 0 Å². The van der Waals surface area contributed by atoms with Crippen LogP contribution in [0.5, 0.6) is 0 Å². The number of hydrogen-bond acceptors (Lipinski definition) is 3. The van der Waals surface area contributed by atoms with Gasteiger partial charge in [0.25, 0.3) is 0 Å². The molecule has 0 aliphatic carbocycles. The third kappa shape index (κ3) is 7.76. The molecule has 1 rings (SSSR count). The van der Waals surface area contributed by atoms with Crippen molar-refractivity contribution < 1.29 is 23.5 Å². The number of rotatable bonds is 8. The summed E-state index contributed by atoms with van der Waals surface area (Å²) in [6.45, 7) is 8.16. The number of ether oxygens (including phenoxy) is 1. The molecule has 0 saturated carbocycles. The Bertz CT molecular complexity index is 588. The van der Waals surface area contributed by atoms with Crippen LogP contribution in [-0.2, 0) is 15.9 Å². The Kier molecular flexibility index (Phi) is 7.30. The van der Waals surface area contributed by atoms with Crippen LogP contribution in [0, 0.1) is 6.92 Å². The molecule has 0 aliphatic rings. The third-order valence-corrected chi connectivity index (χ3v) is 3.53. The molecule has 1 aromatic heterocycles. The minimum absolute atomic E-state index is 0.0571. The van der Waals surface area contributed by atoms with Gasteiger partial charge in [-0.25, -0.2) is 0 Å². The maximum atomic E-state index is 10.7. The van der Waals surface area contributed by atoms with Crippen LogP contribution in [0.25, 0.3) is 6.08 Å². The fourth-order valence-electron chi connectivity index (χ4n) is 1.92. The van der Waals surface area contributed by atoms with E-state index < -0.39 is 13.9 Å². The standard InChI is InChI=1S/C16H25O5P/c1-12(2)6-5-7-13(3)8-15-9-14(4)16(21-15)10-20-11-22(17,18)19/h6,8-9H,5,7,10-11H2,1-4H3,(H2,17,18,19). The van der Waals surface area contributed by atoms with E-state index in [4.69, 9.17) is 18.9 Å². The first-order valence-corrected chi connectivity index (χ1v) is 8.99. The second-order valence-corrected chi connectivity index (χ2v) is 7.30. The highest BCUT2D eigenvalue weighted by Gasteiger charge is 2.14. The van der Waals surface area contributed by atoms with Gasteiger partial charge in [-0.1, -0.05) is 17.2 Å². The SMILES string of the molecule is CC(C)=CCCC(C)=Cc1cc(C)c(COCP(=O)(O)O)o1. The van der Waals surface area contributed by atoms with Crippen LogP contribution < -0.4 is 0 Å². The summed E-state index contributed by atoms with van der Waals surface area (Å²) in [4.78, 5) is 17.5. The fourth-order valence-corrected chi connectivity index (χ4v) is 2.25. The lowest BCUT2D eigenvalue weighted by Gasteiger charge is -2.04. The molecule has 0 aromatic carbocycles. The van der Waals surface area contributed by atoms with E-state index in [1.54, 1.807) is 0 Å². The van der Waals surface area contributed by atoms with Gasteiger partial charge in [-0.15, -0.1) is 0 Å². The van der Waals surface area contributed by atoms with E-state index in [9.17, 15) is 4.57 Å². The van der Waals surface area contributed by atoms with Crippen molar-refractivity contribution in [1.29, 1.82) is 0 Å². The van der Waals surface area contributed by atoms with Crippen LogP contribution in [0.15, 0.2) is 27.7 Å². The van der Waals surface area contributed by atoms with Gasteiger partial charge in [0.1, 0.15) is 24.5 Å².